The Kier molecular flexibility index (Phi) is 3.58. The number of pyridine rings is 1. The zero-order chi connectivity index (χ0) is 15.7. The Morgan fingerprint density at radius 1 is 1.14 bits per heavy atom. The minimum atomic E-state index is -0.436. The third-order valence-electron chi connectivity index (χ3n) is 3.28. The molecule has 3 aromatic rings. The quantitative estimate of drug-likeness (QED) is 0.711. The van der Waals surface area contributed by atoms with Gasteiger partial charge in [-0.1, -0.05) is 26.0 Å². The molecule has 0 saturated heterocycles. The number of halogens is 1. The van der Waals surface area contributed by atoms with Gasteiger partial charge in [-0.25, -0.2) is 9.37 Å². The molecule has 0 saturated carbocycles. The van der Waals surface area contributed by atoms with Gasteiger partial charge in [0.05, 0.1) is 5.69 Å². The summed E-state index contributed by atoms with van der Waals surface area (Å²) in [5.74, 6) is 0.212. The highest BCUT2D eigenvalue weighted by Gasteiger charge is 2.17. The van der Waals surface area contributed by atoms with Crippen LogP contribution in [0.1, 0.15) is 25.5 Å². The van der Waals surface area contributed by atoms with Crippen LogP contribution in [-0.4, -0.2) is 14.5 Å². The molecule has 0 aliphatic heterocycles. The first kappa shape index (κ1) is 14.2. The van der Waals surface area contributed by atoms with Crippen molar-refractivity contribution in [3.05, 3.63) is 54.1 Å². The number of benzene rings is 1. The molecule has 0 spiro atoms. The van der Waals surface area contributed by atoms with Gasteiger partial charge in [-0.05, 0) is 30.2 Å². The molecule has 0 amide bonds. The van der Waals surface area contributed by atoms with Gasteiger partial charge in [0.1, 0.15) is 5.69 Å². The number of aromatic hydroxyl groups is 1. The Morgan fingerprint density at radius 3 is 2.64 bits per heavy atom. The molecule has 1 N–H and O–H groups in total. The summed E-state index contributed by atoms with van der Waals surface area (Å²) in [5.41, 5.74) is 1.27. The zero-order valence-electron chi connectivity index (χ0n) is 12.2. The fraction of sp³-hybridized carbons (Fsp3) is 0.188. The lowest BCUT2D eigenvalue weighted by molar-refractivity contribution is 0.477. The molecule has 0 fully saturated rings. The molecule has 2 aromatic heterocycles. The Hall–Kier alpha value is -2.76. The summed E-state index contributed by atoms with van der Waals surface area (Å²) >= 11 is 0. The minimum Gasteiger partial charge on any atom is -0.504 e. The van der Waals surface area contributed by atoms with Crippen molar-refractivity contribution < 1.29 is 9.50 Å². The molecule has 0 unspecified atom stereocenters. The summed E-state index contributed by atoms with van der Waals surface area (Å²) in [4.78, 5) is 4.41. The van der Waals surface area contributed by atoms with Crippen LogP contribution in [0.2, 0.25) is 0 Å². The lowest BCUT2D eigenvalue weighted by Gasteiger charge is -2.01. The molecule has 0 atom stereocenters. The van der Waals surface area contributed by atoms with Gasteiger partial charge in [-0.2, -0.15) is 0 Å². The molecule has 22 heavy (non-hydrogen) atoms. The highest BCUT2D eigenvalue weighted by molar-refractivity contribution is 5.60. The van der Waals surface area contributed by atoms with Crippen LogP contribution in [0.15, 0.2) is 52.8 Å². The second-order valence-electron chi connectivity index (χ2n) is 5.21. The maximum absolute atomic E-state index is 13.6. The molecule has 112 valence electrons. The normalized spacial score (nSPS) is 11.8. The van der Waals surface area contributed by atoms with E-state index < -0.39 is 5.82 Å². The smallest absolute Gasteiger partial charge is 0.183 e. The van der Waals surface area contributed by atoms with Crippen LogP contribution in [0.25, 0.3) is 5.65 Å². The van der Waals surface area contributed by atoms with Gasteiger partial charge < -0.3 is 5.11 Å². The van der Waals surface area contributed by atoms with E-state index >= 15 is 0 Å². The summed E-state index contributed by atoms with van der Waals surface area (Å²) in [6, 6.07) is 9.42. The molecule has 5 nitrogen and oxygen atoms in total. The summed E-state index contributed by atoms with van der Waals surface area (Å²) in [6.45, 7) is 3.95. The highest BCUT2D eigenvalue weighted by Crippen LogP contribution is 2.32. The summed E-state index contributed by atoms with van der Waals surface area (Å²) < 4.78 is 15.3. The second-order valence-corrected chi connectivity index (χ2v) is 5.21. The fourth-order valence-electron chi connectivity index (χ4n) is 2.18. The van der Waals surface area contributed by atoms with Gasteiger partial charge in [-0.15, -0.1) is 10.2 Å². The number of hydrogen-bond acceptors (Lipinski definition) is 4. The van der Waals surface area contributed by atoms with Gasteiger partial charge in [-0.3, -0.25) is 4.40 Å². The number of hydrogen-bond donors (Lipinski definition) is 1. The van der Waals surface area contributed by atoms with E-state index in [0.717, 1.165) is 0 Å². The van der Waals surface area contributed by atoms with Crippen molar-refractivity contribution in [1.82, 2.24) is 9.38 Å². The number of azo groups is 1. The Balaban J connectivity index is 2.15. The van der Waals surface area contributed by atoms with E-state index in [4.69, 9.17) is 0 Å². The Bertz CT molecular complexity index is 854. The first-order valence-corrected chi connectivity index (χ1v) is 6.94. The summed E-state index contributed by atoms with van der Waals surface area (Å²) in [7, 11) is 0. The molecule has 6 heteroatoms. The molecule has 0 radical (unpaired) electrons. The number of fused-ring (bicyclic) bond motifs is 1. The number of aromatic nitrogens is 2. The molecular formula is C16H15FN4O. The number of imidazole rings is 1. The molecule has 2 heterocycles. The van der Waals surface area contributed by atoms with Crippen molar-refractivity contribution in [2.24, 2.45) is 10.2 Å². The minimum absolute atomic E-state index is 0.0664. The van der Waals surface area contributed by atoms with Gasteiger partial charge in [0.15, 0.2) is 23.0 Å². The number of rotatable bonds is 3. The van der Waals surface area contributed by atoms with E-state index in [1.807, 2.05) is 13.8 Å². The predicted octanol–water partition coefficient (Wildman–Crippen LogP) is 4.72. The SMILES string of the molecule is CC(C)c1nc2c(O)cccn2c1N=Nc1ccccc1F. The van der Waals surface area contributed by atoms with E-state index in [9.17, 15) is 9.50 Å². The van der Waals surface area contributed by atoms with Crippen LogP contribution in [0.3, 0.4) is 0 Å². The van der Waals surface area contributed by atoms with E-state index in [-0.39, 0.29) is 17.4 Å². The van der Waals surface area contributed by atoms with Crippen molar-refractivity contribution in [2.75, 3.05) is 0 Å². The molecule has 0 aliphatic rings. The maximum atomic E-state index is 13.6. The van der Waals surface area contributed by atoms with Crippen LogP contribution < -0.4 is 0 Å². The standard InChI is InChI=1S/C16H15FN4O/c1-10(2)14-16(20-19-12-7-4-3-6-11(12)17)21-9-5-8-13(22)15(21)18-14/h3-10,22H,1-2H3. The van der Waals surface area contributed by atoms with Crippen LogP contribution in [-0.2, 0) is 0 Å². The van der Waals surface area contributed by atoms with Crippen molar-refractivity contribution >= 4 is 17.2 Å². The van der Waals surface area contributed by atoms with Crippen molar-refractivity contribution in [2.45, 2.75) is 19.8 Å². The second kappa shape index (κ2) is 5.55. The zero-order valence-corrected chi connectivity index (χ0v) is 12.2. The van der Waals surface area contributed by atoms with Crippen molar-refractivity contribution in [3.8, 4) is 5.75 Å². The molecular weight excluding hydrogens is 283 g/mol. The Labute approximate surface area is 126 Å². The highest BCUT2D eigenvalue weighted by atomic mass is 19.1. The third kappa shape index (κ3) is 2.43. The summed E-state index contributed by atoms with van der Waals surface area (Å²) in [6.07, 6.45) is 1.74. The van der Waals surface area contributed by atoms with Gasteiger partial charge in [0, 0.05) is 6.20 Å². The van der Waals surface area contributed by atoms with Crippen LogP contribution in [0.4, 0.5) is 15.9 Å². The van der Waals surface area contributed by atoms with Crippen molar-refractivity contribution in [1.29, 1.82) is 0 Å². The largest absolute Gasteiger partial charge is 0.504 e. The van der Waals surface area contributed by atoms with E-state index in [2.05, 4.69) is 15.2 Å². The lowest BCUT2D eigenvalue weighted by Crippen LogP contribution is -1.87. The van der Waals surface area contributed by atoms with Gasteiger partial charge >= 0.3 is 0 Å². The van der Waals surface area contributed by atoms with Crippen LogP contribution in [0, 0.1) is 5.82 Å². The molecule has 3 rings (SSSR count). The van der Waals surface area contributed by atoms with Crippen molar-refractivity contribution in [3.63, 3.8) is 0 Å². The average Bonchev–Trinajstić information content (AvgIpc) is 2.87. The topological polar surface area (TPSA) is 62.2 Å². The first-order valence-electron chi connectivity index (χ1n) is 6.94. The molecule has 0 bridgehead atoms. The van der Waals surface area contributed by atoms with Gasteiger partial charge in [0.25, 0.3) is 0 Å². The fourth-order valence-corrected chi connectivity index (χ4v) is 2.18. The van der Waals surface area contributed by atoms with Gasteiger partial charge in [0.2, 0.25) is 0 Å². The third-order valence-corrected chi connectivity index (χ3v) is 3.28. The Morgan fingerprint density at radius 2 is 1.91 bits per heavy atom. The molecule has 1 aromatic carbocycles. The number of nitrogens with zero attached hydrogens (tertiary/aromatic N) is 4. The van der Waals surface area contributed by atoms with E-state index in [1.165, 1.54) is 6.07 Å². The maximum Gasteiger partial charge on any atom is 0.183 e. The van der Waals surface area contributed by atoms with E-state index in [1.54, 1.807) is 40.9 Å². The summed E-state index contributed by atoms with van der Waals surface area (Å²) in [5, 5.41) is 18.0. The first-order chi connectivity index (χ1) is 10.6. The average molecular weight is 298 g/mol. The van der Waals surface area contributed by atoms with Crippen LogP contribution in [0.5, 0.6) is 5.75 Å². The van der Waals surface area contributed by atoms with E-state index in [0.29, 0.717) is 17.2 Å². The lowest BCUT2D eigenvalue weighted by atomic mass is 10.1. The predicted molar refractivity (Wildman–Crippen MR) is 81.5 cm³/mol. The van der Waals surface area contributed by atoms with Crippen LogP contribution >= 0.6 is 0 Å². The monoisotopic (exact) mass is 298 g/mol. The molecule has 0 aliphatic carbocycles.